The SMILES string of the molecule is CCN1C(=O)c2c(nc(NC3CCCCC3)n2Cc2ccc(OC)c(Br)c2)N2C[C@@H](C)N=C12. The molecule has 176 valence electrons. The summed E-state index contributed by atoms with van der Waals surface area (Å²) >= 11 is 3.60. The molecule has 33 heavy (non-hydrogen) atoms. The summed E-state index contributed by atoms with van der Waals surface area (Å²) in [6.45, 7) is 5.93. The number of nitrogens with zero attached hydrogens (tertiary/aromatic N) is 5. The van der Waals surface area contributed by atoms with Gasteiger partial charge in [0.1, 0.15) is 5.75 Å². The Labute approximate surface area is 203 Å². The number of halogens is 1. The number of carbonyl (C=O) groups excluding carboxylic acids is 1. The third-order valence-corrected chi connectivity index (χ3v) is 7.35. The van der Waals surface area contributed by atoms with Gasteiger partial charge in [-0.2, -0.15) is 4.98 Å². The molecule has 1 saturated carbocycles. The molecule has 0 bridgehead atoms. The van der Waals surface area contributed by atoms with Crippen molar-refractivity contribution in [2.24, 2.45) is 4.99 Å². The number of benzene rings is 1. The molecule has 3 heterocycles. The normalized spacial score (nSPS) is 20.5. The first kappa shape index (κ1) is 22.3. The number of ether oxygens (including phenoxy) is 1. The summed E-state index contributed by atoms with van der Waals surface area (Å²) in [5, 5.41) is 3.69. The Morgan fingerprint density at radius 1 is 1.24 bits per heavy atom. The maximum Gasteiger partial charge on any atom is 0.281 e. The molecule has 3 aliphatic rings. The van der Waals surface area contributed by atoms with Gasteiger partial charge in [-0.25, -0.2) is 4.99 Å². The van der Waals surface area contributed by atoms with Crippen LogP contribution < -0.4 is 15.0 Å². The van der Waals surface area contributed by atoms with Gasteiger partial charge in [-0.3, -0.25) is 19.2 Å². The molecule has 0 unspecified atom stereocenters. The summed E-state index contributed by atoms with van der Waals surface area (Å²) in [5.41, 5.74) is 1.70. The molecule has 0 saturated heterocycles. The number of hydrogen-bond donors (Lipinski definition) is 1. The van der Waals surface area contributed by atoms with Crippen LogP contribution in [0.1, 0.15) is 62.0 Å². The van der Waals surface area contributed by atoms with Crippen LogP contribution in [-0.4, -0.2) is 58.6 Å². The van der Waals surface area contributed by atoms with E-state index >= 15 is 0 Å². The van der Waals surface area contributed by atoms with E-state index in [4.69, 9.17) is 14.7 Å². The number of guanidine groups is 1. The largest absolute Gasteiger partial charge is 0.496 e. The Bertz CT molecular complexity index is 1090. The maximum absolute atomic E-state index is 13.7. The maximum atomic E-state index is 13.7. The van der Waals surface area contributed by atoms with Crippen molar-refractivity contribution in [3.63, 3.8) is 0 Å². The number of amides is 1. The van der Waals surface area contributed by atoms with Gasteiger partial charge in [0.25, 0.3) is 5.91 Å². The molecule has 1 amide bonds. The first-order chi connectivity index (χ1) is 16.0. The van der Waals surface area contributed by atoms with E-state index in [1.807, 2.05) is 25.1 Å². The van der Waals surface area contributed by atoms with Gasteiger partial charge in [-0.1, -0.05) is 25.3 Å². The fraction of sp³-hybridized carbons (Fsp3) is 0.542. The van der Waals surface area contributed by atoms with E-state index in [0.29, 0.717) is 24.8 Å². The van der Waals surface area contributed by atoms with Crippen LogP contribution in [0.4, 0.5) is 11.8 Å². The Balaban J connectivity index is 1.58. The molecule has 0 radical (unpaired) electrons. The molecule has 1 fully saturated rings. The van der Waals surface area contributed by atoms with Crippen molar-refractivity contribution in [1.29, 1.82) is 0 Å². The Kier molecular flexibility index (Phi) is 6.07. The number of hydrogen-bond acceptors (Lipinski definition) is 6. The third kappa shape index (κ3) is 4.00. The zero-order chi connectivity index (χ0) is 23.1. The second-order valence-corrected chi connectivity index (χ2v) is 9.93. The van der Waals surface area contributed by atoms with E-state index in [2.05, 4.69) is 37.6 Å². The second-order valence-electron chi connectivity index (χ2n) is 9.08. The number of aromatic nitrogens is 2. The molecule has 1 aliphatic carbocycles. The van der Waals surface area contributed by atoms with Crippen molar-refractivity contribution in [1.82, 2.24) is 14.5 Å². The van der Waals surface area contributed by atoms with Crippen LogP contribution in [0.3, 0.4) is 0 Å². The molecule has 2 aromatic rings. The predicted octanol–water partition coefficient (Wildman–Crippen LogP) is 4.49. The number of methoxy groups -OCH3 is 1. The minimum Gasteiger partial charge on any atom is -0.496 e. The van der Waals surface area contributed by atoms with Gasteiger partial charge in [-0.05, 0) is 60.3 Å². The molecule has 9 heteroatoms. The molecule has 1 N–H and O–H groups in total. The number of carbonyl (C=O) groups is 1. The minimum absolute atomic E-state index is 0.0339. The van der Waals surface area contributed by atoms with Crippen LogP contribution in [0.2, 0.25) is 0 Å². The van der Waals surface area contributed by atoms with Crippen molar-refractivity contribution in [3.8, 4) is 5.75 Å². The molecule has 1 aromatic heterocycles. The lowest BCUT2D eigenvalue weighted by atomic mass is 9.96. The van der Waals surface area contributed by atoms with E-state index in [0.717, 1.165) is 52.9 Å². The average molecular weight is 515 g/mol. The number of anilines is 2. The van der Waals surface area contributed by atoms with Crippen LogP contribution in [0, 0.1) is 0 Å². The Morgan fingerprint density at radius 3 is 2.73 bits per heavy atom. The van der Waals surface area contributed by atoms with Crippen LogP contribution in [0.5, 0.6) is 5.75 Å². The highest BCUT2D eigenvalue weighted by Gasteiger charge is 2.43. The fourth-order valence-corrected chi connectivity index (χ4v) is 5.67. The Morgan fingerprint density at radius 2 is 2.03 bits per heavy atom. The molecule has 1 aromatic carbocycles. The van der Waals surface area contributed by atoms with Gasteiger partial charge in [0.15, 0.2) is 11.5 Å². The van der Waals surface area contributed by atoms with Crippen molar-refractivity contribution >= 4 is 39.6 Å². The molecule has 8 nitrogen and oxygen atoms in total. The number of nitrogens with one attached hydrogen (secondary N) is 1. The predicted molar refractivity (Wildman–Crippen MR) is 133 cm³/mol. The van der Waals surface area contributed by atoms with Gasteiger partial charge in [0.05, 0.1) is 24.2 Å². The van der Waals surface area contributed by atoms with E-state index in [1.165, 1.54) is 19.3 Å². The zero-order valence-electron chi connectivity index (χ0n) is 19.5. The summed E-state index contributed by atoms with van der Waals surface area (Å²) < 4.78 is 8.34. The number of aliphatic imine (C=N–C) groups is 1. The van der Waals surface area contributed by atoms with E-state index < -0.39 is 0 Å². The fourth-order valence-electron chi connectivity index (χ4n) is 5.08. The minimum atomic E-state index is -0.0339. The topological polar surface area (TPSA) is 75.0 Å². The summed E-state index contributed by atoms with van der Waals surface area (Å²) in [7, 11) is 1.66. The zero-order valence-corrected chi connectivity index (χ0v) is 21.1. The monoisotopic (exact) mass is 514 g/mol. The van der Waals surface area contributed by atoms with Crippen molar-refractivity contribution < 1.29 is 9.53 Å². The van der Waals surface area contributed by atoms with Crippen molar-refractivity contribution in [2.45, 2.75) is 64.6 Å². The van der Waals surface area contributed by atoms with E-state index in [1.54, 1.807) is 12.0 Å². The van der Waals surface area contributed by atoms with E-state index in [-0.39, 0.29) is 11.9 Å². The quantitative estimate of drug-likeness (QED) is 0.614. The number of imidazole rings is 1. The van der Waals surface area contributed by atoms with E-state index in [9.17, 15) is 4.79 Å². The molecular weight excluding hydrogens is 484 g/mol. The first-order valence-corrected chi connectivity index (χ1v) is 12.7. The summed E-state index contributed by atoms with van der Waals surface area (Å²) in [5.74, 6) is 2.96. The third-order valence-electron chi connectivity index (χ3n) is 6.73. The molecule has 5 rings (SSSR count). The van der Waals surface area contributed by atoms with Gasteiger partial charge in [-0.15, -0.1) is 0 Å². The highest BCUT2D eigenvalue weighted by Crippen LogP contribution is 2.36. The molecule has 1 atom stereocenters. The standard InChI is InChI=1S/C24H31BrN6O2/c1-4-29-22(32)20-21(31-13-15(2)26-24(29)31)28-23(27-17-8-6-5-7-9-17)30(20)14-16-10-11-19(33-3)18(25)12-16/h10-12,15,17H,4-9,13-14H2,1-3H3,(H,27,28)/t15-/m1/s1. The van der Waals surface area contributed by atoms with Crippen LogP contribution >= 0.6 is 15.9 Å². The number of rotatable bonds is 6. The highest BCUT2D eigenvalue weighted by atomic mass is 79.9. The lowest BCUT2D eigenvalue weighted by Crippen LogP contribution is -2.50. The smallest absolute Gasteiger partial charge is 0.281 e. The van der Waals surface area contributed by atoms with Crippen molar-refractivity contribution in [2.75, 3.05) is 30.4 Å². The summed E-state index contributed by atoms with van der Waals surface area (Å²) in [6.07, 6.45) is 6.01. The lowest BCUT2D eigenvalue weighted by Gasteiger charge is -2.32. The molecule has 0 spiro atoms. The summed E-state index contributed by atoms with van der Waals surface area (Å²) in [6, 6.07) is 6.54. The van der Waals surface area contributed by atoms with Gasteiger partial charge >= 0.3 is 0 Å². The molecule has 2 aliphatic heterocycles. The van der Waals surface area contributed by atoms with Gasteiger partial charge in [0.2, 0.25) is 11.9 Å². The van der Waals surface area contributed by atoms with Crippen LogP contribution in [0.15, 0.2) is 27.7 Å². The van der Waals surface area contributed by atoms with Crippen LogP contribution in [0.25, 0.3) is 0 Å². The summed E-state index contributed by atoms with van der Waals surface area (Å²) in [4.78, 5) is 27.3. The number of fused-ring (bicyclic) bond motifs is 3. The first-order valence-electron chi connectivity index (χ1n) is 11.9. The average Bonchev–Trinajstić information content (AvgIpc) is 3.36. The van der Waals surface area contributed by atoms with Crippen LogP contribution in [-0.2, 0) is 6.54 Å². The Hall–Kier alpha value is -2.55. The van der Waals surface area contributed by atoms with Gasteiger partial charge < -0.3 is 10.1 Å². The highest BCUT2D eigenvalue weighted by molar-refractivity contribution is 9.10. The lowest BCUT2D eigenvalue weighted by molar-refractivity contribution is 0.0836. The second kappa shape index (κ2) is 9.00. The van der Waals surface area contributed by atoms with Gasteiger partial charge in [0, 0.05) is 19.1 Å². The molecular formula is C24H31BrN6O2. The van der Waals surface area contributed by atoms with Crippen molar-refractivity contribution in [3.05, 3.63) is 33.9 Å².